The number of rotatable bonds is 8. The Morgan fingerprint density at radius 2 is 1.76 bits per heavy atom. The van der Waals surface area contributed by atoms with Crippen LogP contribution in [-0.4, -0.2) is 41.1 Å². The van der Waals surface area contributed by atoms with Crippen molar-refractivity contribution >= 4 is 40.0 Å². The van der Waals surface area contributed by atoms with E-state index in [1.54, 1.807) is 20.0 Å². The van der Waals surface area contributed by atoms with Gasteiger partial charge in [-0.2, -0.15) is 0 Å². The van der Waals surface area contributed by atoms with Crippen LogP contribution in [0.5, 0.6) is 0 Å². The van der Waals surface area contributed by atoms with Crippen LogP contribution < -0.4 is 15.4 Å². The Bertz CT molecular complexity index is 661. The second-order valence-corrected chi connectivity index (χ2v) is 8.01. The molecule has 0 aliphatic rings. The fourth-order valence-corrected chi connectivity index (χ4v) is 3.50. The number of hydrogen-bond donors (Lipinski definition) is 3. The van der Waals surface area contributed by atoms with Crippen molar-refractivity contribution < 1.29 is 8.42 Å². The highest BCUT2D eigenvalue weighted by Crippen LogP contribution is 2.16. The van der Waals surface area contributed by atoms with Crippen LogP contribution in [-0.2, 0) is 10.0 Å². The summed E-state index contributed by atoms with van der Waals surface area (Å²) in [5.41, 5.74) is 1.67. The molecule has 0 unspecified atom stereocenters. The molecule has 6 nitrogen and oxygen atoms in total. The zero-order valence-electron chi connectivity index (χ0n) is 15.7. The number of hydrogen-bond acceptors (Lipinski definition) is 3. The second kappa shape index (κ2) is 11.7. The molecule has 0 amide bonds. The molecule has 0 radical (unpaired) electrons. The molecule has 3 N–H and O–H groups in total. The van der Waals surface area contributed by atoms with Gasteiger partial charge in [0.05, 0.1) is 4.90 Å². The lowest BCUT2D eigenvalue weighted by molar-refractivity contribution is 0.571. The molecular formula is C17H31IN4O2S. The third-order valence-corrected chi connectivity index (χ3v) is 5.18. The Hall–Kier alpha value is -0.870. The number of sulfonamides is 1. The van der Waals surface area contributed by atoms with Gasteiger partial charge >= 0.3 is 0 Å². The van der Waals surface area contributed by atoms with E-state index in [9.17, 15) is 8.42 Å². The van der Waals surface area contributed by atoms with Gasteiger partial charge in [-0.25, -0.2) is 13.1 Å². The Balaban J connectivity index is 0.00000576. The SMILES string of the molecule is CN=C(NCCNS(=O)(=O)c1cc(C)ccc1C)NCCC(C)C.I. The smallest absolute Gasteiger partial charge is 0.240 e. The zero-order valence-corrected chi connectivity index (χ0v) is 18.9. The molecule has 0 bridgehead atoms. The monoisotopic (exact) mass is 482 g/mol. The van der Waals surface area contributed by atoms with Gasteiger partial charge in [0.25, 0.3) is 0 Å². The highest BCUT2D eigenvalue weighted by Gasteiger charge is 2.16. The molecular weight excluding hydrogens is 451 g/mol. The van der Waals surface area contributed by atoms with Gasteiger partial charge in [0, 0.05) is 26.7 Å². The average Bonchev–Trinajstić information content (AvgIpc) is 2.51. The molecule has 25 heavy (non-hydrogen) atoms. The van der Waals surface area contributed by atoms with Crippen molar-refractivity contribution in [2.24, 2.45) is 10.9 Å². The van der Waals surface area contributed by atoms with Crippen molar-refractivity contribution in [3.05, 3.63) is 29.3 Å². The number of nitrogens with one attached hydrogen (secondary N) is 3. The summed E-state index contributed by atoms with van der Waals surface area (Å²) in [6.07, 6.45) is 1.06. The molecule has 1 aromatic carbocycles. The molecule has 0 aliphatic heterocycles. The number of aryl methyl sites for hydroxylation is 2. The first-order valence-electron chi connectivity index (χ1n) is 8.27. The van der Waals surface area contributed by atoms with Gasteiger partial charge in [-0.05, 0) is 43.4 Å². The van der Waals surface area contributed by atoms with E-state index in [0.717, 1.165) is 24.1 Å². The topological polar surface area (TPSA) is 82.6 Å². The van der Waals surface area contributed by atoms with Gasteiger partial charge in [-0.1, -0.05) is 26.0 Å². The summed E-state index contributed by atoms with van der Waals surface area (Å²) in [7, 11) is -1.80. The first kappa shape index (κ1) is 24.1. The molecule has 0 spiro atoms. The lowest BCUT2D eigenvalue weighted by Gasteiger charge is -2.14. The van der Waals surface area contributed by atoms with Gasteiger partial charge in [0.2, 0.25) is 10.0 Å². The van der Waals surface area contributed by atoms with Crippen LogP contribution in [0.25, 0.3) is 0 Å². The minimum Gasteiger partial charge on any atom is -0.356 e. The maximum Gasteiger partial charge on any atom is 0.240 e. The molecule has 0 fully saturated rings. The molecule has 144 valence electrons. The lowest BCUT2D eigenvalue weighted by atomic mass is 10.1. The van der Waals surface area contributed by atoms with E-state index in [0.29, 0.717) is 29.9 Å². The first-order chi connectivity index (χ1) is 11.3. The standard InChI is InChI=1S/C17H30N4O2S.HI/c1-13(2)8-9-19-17(18-5)20-10-11-21-24(22,23)16-12-14(3)6-7-15(16)4;/h6-7,12-13,21H,8-11H2,1-5H3,(H2,18,19,20);1H. The summed E-state index contributed by atoms with van der Waals surface area (Å²) in [6, 6.07) is 5.42. The van der Waals surface area contributed by atoms with Gasteiger partial charge in [0.1, 0.15) is 0 Å². The van der Waals surface area contributed by atoms with Gasteiger partial charge in [0.15, 0.2) is 5.96 Å². The predicted octanol–water partition coefficient (Wildman–Crippen LogP) is 2.41. The molecule has 8 heteroatoms. The lowest BCUT2D eigenvalue weighted by Crippen LogP contribution is -2.42. The summed E-state index contributed by atoms with van der Waals surface area (Å²) < 4.78 is 27.4. The van der Waals surface area contributed by atoms with E-state index in [2.05, 4.69) is 34.2 Å². The number of nitrogens with zero attached hydrogens (tertiary/aromatic N) is 1. The predicted molar refractivity (Wildman–Crippen MR) is 115 cm³/mol. The number of benzene rings is 1. The third kappa shape index (κ3) is 8.87. The largest absolute Gasteiger partial charge is 0.356 e. The average molecular weight is 482 g/mol. The van der Waals surface area contributed by atoms with Crippen LogP contribution >= 0.6 is 24.0 Å². The highest BCUT2D eigenvalue weighted by atomic mass is 127. The Morgan fingerprint density at radius 3 is 2.36 bits per heavy atom. The molecule has 0 aromatic heterocycles. The van der Waals surface area contributed by atoms with Crippen LogP contribution in [0.3, 0.4) is 0 Å². The van der Waals surface area contributed by atoms with Crippen molar-refractivity contribution in [3.63, 3.8) is 0 Å². The van der Waals surface area contributed by atoms with Gasteiger partial charge in [-0.3, -0.25) is 4.99 Å². The van der Waals surface area contributed by atoms with Crippen molar-refractivity contribution in [2.75, 3.05) is 26.7 Å². The quantitative estimate of drug-likeness (QED) is 0.230. The van der Waals surface area contributed by atoms with E-state index in [1.807, 2.05) is 19.1 Å². The molecule has 0 saturated carbocycles. The Labute approximate surface area is 169 Å². The minimum atomic E-state index is -3.50. The summed E-state index contributed by atoms with van der Waals surface area (Å²) in [6.45, 7) is 9.61. The van der Waals surface area contributed by atoms with Gasteiger partial charge < -0.3 is 10.6 Å². The highest BCUT2D eigenvalue weighted by molar-refractivity contribution is 14.0. The maximum absolute atomic E-state index is 12.4. The van der Waals surface area contributed by atoms with Crippen LogP contribution in [0.15, 0.2) is 28.1 Å². The van der Waals surface area contributed by atoms with E-state index in [1.165, 1.54) is 0 Å². The van der Waals surface area contributed by atoms with Crippen LogP contribution in [0, 0.1) is 19.8 Å². The van der Waals surface area contributed by atoms with E-state index in [4.69, 9.17) is 0 Å². The van der Waals surface area contributed by atoms with Crippen molar-refractivity contribution in [1.29, 1.82) is 0 Å². The Morgan fingerprint density at radius 1 is 1.12 bits per heavy atom. The molecule has 0 atom stereocenters. The molecule has 0 saturated heterocycles. The summed E-state index contributed by atoms with van der Waals surface area (Å²) >= 11 is 0. The maximum atomic E-state index is 12.4. The normalized spacial score (nSPS) is 12.0. The number of halogens is 1. The van der Waals surface area contributed by atoms with Gasteiger partial charge in [-0.15, -0.1) is 24.0 Å². The van der Waals surface area contributed by atoms with Crippen LogP contribution in [0.1, 0.15) is 31.4 Å². The second-order valence-electron chi connectivity index (χ2n) is 6.28. The molecule has 0 heterocycles. The molecule has 1 rings (SSSR count). The van der Waals surface area contributed by atoms with Crippen LogP contribution in [0.2, 0.25) is 0 Å². The summed E-state index contributed by atoms with van der Waals surface area (Å²) in [4.78, 5) is 4.46. The molecule has 1 aromatic rings. The summed E-state index contributed by atoms with van der Waals surface area (Å²) in [5.74, 6) is 1.31. The first-order valence-corrected chi connectivity index (χ1v) is 9.76. The fourth-order valence-electron chi connectivity index (χ4n) is 2.14. The van der Waals surface area contributed by atoms with E-state index < -0.39 is 10.0 Å². The van der Waals surface area contributed by atoms with E-state index in [-0.39, 0.29) is 24.0 Å². The Kier molecular flexibility index (Phi) is 11.3. The number of aliphatic imine (C=N–C) groups is 1. The van der Waals surface area contributed by atoms with E-state index >= 15 is 0 Å². The van der Waals surface area contributed by atoms with Crippen LogP contribution in [0.4, 0.5) is 0 Å². The zero-order chi connectivity index (χ0) is 18.2. The third-order valence-electron chi connectivity index (χ3n) is 3.58. The van der Waals surface area contributed by atoms with Crippen molar-refractivity contribution in [3.8, 4) is 0 Å². The van der Waals surface area contributed by atoms with Crippen molar-refractivity contribution in [1.82, 2.24) is 15.4 Å². The number of guanidine groups is 1. The fraction of sp³-hybridized carbons (Fsp3) is 0.588. The summed E-state index contributed by atoms with van der Waals surface area (Å²) in [5, 5.41) is 6.31. The minimum absolute atomic E-state index is 0. The van der Waals surface area contributed by atoms with Crippen molar-refractivity contribution in [2.45, 2.75) is 39.0 Å². The molecule has 0 aliphatic carbocycles.